The van der Waals surface area contributed by atoms with Crippen LogP contribution in [0.1, 0.15) is 13.8 Å². The molecule has 1 N–H and O–H groups in total. The smallest absolute Gasteiger partial charge is 0.203 e. The highest BCUT2D eigenvalue weighted by Crippen LogP contribution is 2.40. The van der Waals surface area contributed by atoms with Crippen LogP contribution in [0.5, 0.6) is 23.0 Å². The molecule has 0 amide bonds. The van der Waals surface area contributed by atoms with Gasteiger partial charge in [0.25, 0.3) is 0 Å². The Morgan fingerprint density at radius 1 is 0.839 bits per heavy atom. The van der Waals surface area contributed by atoms with Crippen LogP contribution in [0.4, 0.5) is 0 Å². The zero-order valence-corrected chi connectivity index (χ0v) is 19.5. The fourth-order valence-electron chi connectivity index (χ4n) is 3.57. The van der Waals surface area contributed by atoms with E-state index in [1.165, 1.54) is 0 Å². The third-order valence-electron chi connectivity index (χ3n) is 5.13. The fourth-order valence-corrected chi connectivity index (χ4v) is 3.57. The lowest BCUT2D eigenvalue weighted by Crippen LogP contribution is -2.51. The molecule has 0 aliphatic carbocycles. The first-order chi connectivity index (χ1) is 15.0. The van der Waals surface area contributed by atoms with Crippen molar-refractivity contribution in [2.24, 2.45) is 0 Å². The molecule has 2 rings (SSSR count). The minimum atomic E-state index is -0.606. The van der Waals surface area contributed by atoms with Gasteiger partial charge in [-0.15, -0.1) is 0 Å². The quantitative estimate of drug-likeness (QED) is 0.431. The van der Waals surface area contributed by atoms with Gasteiger partial charge in [0.1, 0.15) is 18.5 Å². The van der Waals surface area contributed by atoms with Crippen LogP contribution in [-0.4, -0.2) is 108 Å². The van der Waals surface area contributed by atoms with Crippen molar-refractivity contribution in [2.75, 3.05) is 80.4 Å². The number of aliphatic hydroxyl groups excluding tert-OH is 1. The van der Waals surface area contributed by atoms with Crippen molar-refractivity contribution in [3.05, 3.63) is 12.1 Å². The largest absolute Gasteiger partial charge is 0.493 e. The summed E-state index contributed by atoms with van der Waals surface area (Å²) in [7, 11) is 4.67. The van der Waals surface area contributed by atoms with Crippen LogP contribution in [0.15, 0.2) is 12.1 Å². The lowest BCUT2D eigenvalue weighted by Gasteiger charge is -2.36. The van der Waals surface area contributed by atoms with E-state index in [4.69, 9.17) is 28.4 Å². The summed E-state index contributed by atoms with van der Waals surface area (Å²) in [6, 6.07) is 3.44. The van der Waals surface area contributed by atoms with Gasteiger partial charge in [0.05, 0.1) is 21.3 Å². The van der Waals surface area contributed by atoms with Crippen LogP contribution in [0.3, 0.4) is 0 Å². The molecule has 0 bridgehead atoms. The minimum absolute atomic E-state index is 0.176. The maximum Gasteiger partial charge on any atom is 0.203 e. The molecule has 1 aliphatic rings. The lowest BCUT2D eigenvalue weighted by molar-refractivity contribution is -0.149. The molecule has 9 heteroatoms. The number of hydrogen-bond donors (Lipinski definition) is 1. The molecule has 1 aromatic carbocycles. The third-order valence-corrected chi connectivity index (χ3v) is 5.13. The van der Waals surface area contributed by atoms with Crippen molar-refractivity contribution in [1.29, 1.82) is 0 Å². The predicted octanol–water partition coefficient (Wildman–Crippen LogP) is 1.47. The van der Waals surface area contributed by atoms with Crippen LogP contribution in [0, 0.1) is 0 Å². The molecular formula is C22H38N2O7. The lowest BCUT2D eigenvalue weighted by atomic mass is 10.2. The highest BCUT2D eigenvalue weighted by molar-refractivity contribution is 5.55. The number of aliphatic hydroxyl groups is 1. The highest BCUT2D eigenvalue weighted by atomic mass is 16.7. The molecule has 0 saturated carbocycles. The van der Waals surface area contributed by atoms with E-state index < -0.39 is 6.10 Å². The number of benzene rings is 1. The molecule has 0 aromatic heterocycles. The Bertz CT molecular complexity index is 607. The van der Waals surface area contributed by atoms with E-state index in [-0.39, 0.29) is 12.9 Å². The van der Waals surface area contributed by atoms with Crippen molar-refractivity contribution >= 4 is 0 Å². The molecule has 31 heavy (non-hydrogen) atoms. The standard InChI is InChI=1S/C22H38N2O7/c1-6-29-21(30-7-2)15-24-10-8-23(9-11-24)14-17(25)16-31-18-12-19(26-3)22(28-5)20(13-18)27-4/h12-13,17,21,25H,6-11,14-16H2,1-5H3. The highest BCUT2D eigenvalue weighted by Gasteiger charge is 2.22. The van der Waals surface area contributed by atoms with Gasteiger partial charge < -0.3 is 33.5 Å². The molecule has 1 heterocycles. The first-order valence-electron chi connectivity index (χ1n) is 10.8. The van der Waals surface area contributed by atoms with Crippen molar-refractivity contribution in [3.63, 3.8) is 0 Å². The normalized spacial score (nSPS) is 16.4. The second-order valence-electron chi connectivity index (χ2n) is 7.27. The number of ether oxygens (including phenoxy) is 6. The molecule has 1 saturated heterocycles. The summed E-state index contributed by atoms with van der Waals surface area (Å²) in [5.74, 6) is 2.09. The van der Waals surface area contributed by atoms with Gasteiger partial charge in [-0.1, -0.05) is 0 Å². The van der Waals surface area contributed by atoms with Crippen molar-refractivity contribution < 1.29 is 33.5 Å². The Morgan fingerprint density at radius 2 is 1.35 bits per heavy atom. The van der Waals surface area contributed by atoms with E-state index in [2.05, 4.69) is 9.80 Å². The fraction of sp³-hybridized carbons (Fsp3) is 0.727. The Morgan fingerprint density at radius 3 is 1.81 bits per heavy atom. The number of piperazine rings is 1. The molecule has 1 aliphatic heterocycles. The van der Waals surface area contributed by atoms with Crippen molar-refractivity contribution in [2.45, 2.75) is 26.2 Å². The van der Waals surface area contributed by atoms with Gasteiger partial charge in [0.15, 0.2) is 17.8 Å². The maximum atomic E-state index is 10.5. The molecular weight excluding hydrogens is 404 g/mol. The molecule has 0 radical (unpaired) electrons. The van der Waals surface area contributed by atoms with Crippen molar-refractivity contribution in [1.82, 2.24) is 9.80 Å². The number of hydrogen-bond acceptors (Lipinski definition) is 9. The average molecular weight is 443 g/mol. The van der Waals surface area contributed by atoms with Gasteiger partial charge >= 0.3 is 0 Å². The number of nitrogens with zero attached hydrogens (tertiary/aromatic N) is 2. The zero-order chi connectivity index (χ0) is 22.6. The molecule has 1 fully saturated rings. The average Bonchev–Trinajstić information content (AvgIpc) is 2.78. The van der Waals surface area contributed by atoms with Gasteiger partial charge in [-0.05, 0) is 13.8 Å². The van der Waals surface area contributed by atoms with Crippen molar-refractivity contribution in [3.8, 4) is 23.0 Å². The second-order valence-corrected chi connectivity index (χ2v) is 7.27. The van der Waals surface area contributed by atoms with Gasteiger partial charge in [0.2, 0.25) is 5.75 Å². The summed E-state index contributed by atoms with van der Waals surface area (Å²) >= 11 is 0. The molecule has 178 valence electrons. The molecule has 1 atom stereocenters. The monoisotopic (exact) mass is 442 g/mol. The summed E-state index contributed by atoms with van der Waals surface area (Å²) in [6.07, 6.45) is -0.788. The summed E-state index contributed by atoms with van der Waals surface area (Å²) in [4.78, 5) is 4.58. The Balaban J connectivity index is 1.78. The Labute approximate surface area is 185 Å². The number of β-amino-alcohol motifs (C(OH)–C–C–N with tert-alkyl or cyclic N) is 1. The molecule has 1 aromatic rings. The first kappa shape index (κ1) is 25.5. The van der Waals surface area contributed by atoms with Crippen LogP contribution in [0.25, 0.3) is 0 Å². The minimum Gasteiger partial charge on any atom is -0.493 e. The third kappa shape index (κ3) is 8.01. The first-order valence-corrected chi connectivity index (χ1v) is 10.8. The molecule has 1 unspecified atom stereocenters. The number of methoxy groups -OCH3 is 3. The predicted molar refractivity (Wildman–Crippen MR) is 118 cm³/mol. The van der Waals surface area contributed by atoms with Gasteiger partial charge in [-0.3, -0.25) is 9.80 Å². The van der Waals surface area contributed by atoms with Crippen LogP contribution < -0.4 is 18.9 Å². The SMILES string of the molecule is CCOC(CN1CCN(CC(O)COc2cc(OC)c(OC)c(OC)c2)CC1)OCC. The van der Waals surface area contributed by atoms with Crippen LogP contribution >= 0.6 is 0 Å². The van der Waals surface area contributed by atoms with E-state index in [1.807, 2.05) is 13.8 Å². The summed E-state index contributed by atoms with van der Waals surface area (Å²) < 4.78 is 33.1. The van der Waals surface area contributed by atoms with E-state index in [1.54, 1.807) is 33.5 Å². The van der Waals surface area contributed by atoms with Crippen LogP contribution in [-0.2, 0) is 9.47 Å². The number of rotatable bonds is 14. The summed E-state index contributed by atoms with van der Waals surface area (Å²) in [6.45, 7) is 10.3. The zero-order valence-electron chi connectivity index (χ0n) is 19.5. The topological polar surface area (TPSA) is 82.1 Å². The van der Waals surface area contributed by atoms with Gasteiger partial charge in [-0.25, -0.2) is 0 Å². The maximum absolute atomic E-state index is 10.5. The van der Waals surface area contributed by atoms with E-state index in [0.717, 1.165) is 32.7 Å². The summed E-state index contributed by atoms with van der Waals surface area (Å²) in [5.41, 5.74) is 0. The molecule has 0 spiro atoms. The second kappa shape index (κ2) is 13.6. The van der Waals surface area contributed by atoms with Gasteiger partial charge in [0, 0.05) is 64.6 Å². The Kier molecular flexibility index (Phi) is 11.2. The summed E-state index contributed by atoms with van der Waals surface area (Å²) in [5, 5.41) is 10.5. The van der Waals surface area contributed by atoms with E-state index >= 15 is 0 Å². The molecule has 9 nitrogen and oxygen atoms in total. The Hall–Kier alpha value is -1.78. The van der Waals surface area contributed by atoms with E-state index in [0.29, 0.717) is 42.8 Å². The van der Waals surface area contributed by atoms with E-state index in [9.17, 15) is 5.11 Å². The van der Waals surface area contributed by atoms with Crippen LogP contribution in [0.2, 0.25) is 0 Å². The van der Waals surface area contributed by atoms with Gasteiger partial charge in [-0.2, -0.15) is 0 Å².